The maximum atomic E-state index is 9.81. The van der Waals surface area contributed by atoms with Crippen molar-refractivity contribution in [1.29, 1.82) is 0 Å². The number of benzene rings is 7. The number of pyridine rings is 1. The molecule has 7 aromatic carbocycles. The normalized spacial score (nSPS) is 18.5. The van der Waals surface area contributed by atoms with E-state index in [2.05, 4.69) is 178 Å². The average Bonchev–Trinajstić information content (AvgIpc) is 3.90. The minimum atomic E-state index is -1.66. The molecule has 320 valence electrons. The third-order valence-corrected chi connectivity index (χ3v) is 12.6. The SMILES string of the molecule is [2H]C([2H])(c1cccc2c1[N@@+]1(c3c(-c4ccccc4)cccc3-c3ccccc3)[CH-][N@+]2(c2[c-]c(Oc3[c-]c4c(cc3)c3ccccc3n4-c3cc(C(C)(C)C)ccn3)ccc2)C1)C(C)(C)C.[Pt]. The monoisotopic (exact) mass is 1020 g/mol. The number of quaternary nitrogens is 2. The molecule has 5 heterocycles. The molecule has 12 rings (SSSR count). The number of hydrogen-bond donors (Lipinski definition) is 0. The van der Waals surface area contributed by atoms with Gasteiger partial charge in [0, 0.05) is 75.5 Å². The largest absolute Gasteiger partial charge is 0.509 e. The van der Waals surface area contributed by atoms with Crippen LogP contribution < -0.4 is 13.7 Å². The van der Waals surface area contributed by atoms with E-state index in [1.807, 2.05) is 57.3 Å². The Labute approximate surface area is 394 Å². The van der Waals surface area contributed by atoms with Crippen LogP contribution in [0.5, 0.6) is 11.5 Å². The van der Waals surface area contributed by atoms with E-state index in [1.165, 1.54) is 5.56 Å². The van der Waals surface area contributed by atoms with E-state index in [0.717, 1.165) is 72.6 Å². The predicted molar refractivity (Wildman–Crippen MR) is 260 cm³/mol. The third-order valence-electron chi connectivity index (χ3n) is 12.6. The average molecular weight is 1020 g/mol. The van der Waals surface area contributed by atoms with Crippen molar-refractivity contribution in [2.75, 3.05) is 6.67 Å². The molecule has 2 aromatic heterocycles. The maximum absolute atomic E-state index is 9.81. The smallest absolute Gasteiger partial charge is 0.184 e. The summed E-state index contributed by atoms with van der Waals surface area (Å²) in [5.74, 6) is 1.98. The summed E-state index contributed by atoms with van der Waals surface area (Å²) < 4.78 is 29.3. The Bertz CT molecular complexity index is 3250. The topological polar surface area (TPSA) is 27.1 Å². The van der Waals surface area contributed by atoms with Crippen LogP contribution in [0.4, 0.5) is 22.7 Å². The van der Waals surface area contributed by atoms with Gasteiger partial charge in [-0.05, 0) is 69.6 Å². The van der Waals surface area contributed by atoms with Crippen LogP contribution in [0.2, 0.25) is 0 Å². The van der Waals surface area contributed by atoms with Gasteiger partial charge in [-0.15, -0.1) is 29.7 Å². The first-order chi connectivity index (χ1) is 31.2. The molecule has 0 spiro atoms. The van der Waals surface area contributed by atoms with E-state index in [1.54, 1.807) is 0 Å². The van der Waals surface area contributed by atoms with Gasteiger partial charge < -0.3 is 13.8 Å². The van der Waals surface area contributed by atoms with Crippen molar-refractivity contribution in [1.82, 2.24) is 18.5 Å². The van der Waals surface area contributed by atoms with Crippen molar-refractivity contribution in [2.45, 2.75) is 53.3 Å². The van der Waals surface area contributed by atoms with Gasteiger partial charge in [-0.2, -0.15) is 12.1 Å². The number of fused-ring (bicyclic) bond motifs is 3. The zero-order valence-electron chi connectivity index (χ0n) is 39.0. The second-order valence-corrected chi connectivity index (χ2v) is 19.1. The van der Waals surface area contributed by atoms with Crippen LogP contribution in [-0.4, -0.2) is 16.2 Å². The molecule has 1 fully saturated rings. The molecule has 0 aliphatic carbocycles. The Balaban J connectivity index is 0.00000511. The van der Waals surface area contributed by atoms with Crippen LogP contribution in [0.15, 0.2) is 170 Å². The first kappa shape index (κ1) is 39.5. The number of rotatable bonds is 8. The van der Waals surface area contributed by atoms with Gasteiger partial charge in [0.05, 0.1) is 6.67 Å². The minimum absolute atomic E-state index is 0. The first-order valence-electron chi connectivity index (χ1n) is 22.8. The van der Waals surface area contributed by atoms with Gasteiger partial charge in [0.15, 0.2) is 18.0 Å². The number of para-hydroxylation sites is 3. The van der Waals surface area contributed by atoms with Crippen molar-refractivity contribution in [2.24, 2.45) is 5.41 Å². The Morgan fingerprint density at radius 2 is 1.30 bits per heavy atom. The molecule has 9 aromatic rings. The molecule has 0 amide bonds. The van der Waals surface area contributed by atoms with Crippen LogP contribution in [0.25, 0.3) is 49.9 Å². The van der Waals surface area contributed by atoms with Crippen LogP contribution >= 0.6 is 0 Å². The van der Waals surface area contributed by atoms with E-state index in [9.17, 15) is 2.74 Å². The van der Waals surface area contributed by atoms with Crippen molar-refractivity contribution in [3.05, 3.63) is 200 Å². The summed E-state index contributed by atoms with van der Waals surface area (Å²) in [7, 11) is 0. The minimum Gasteiger partial charge on any atom is -0.509 e. The molecular weight excluding hydrogens is 964 g/mol. The molecule has 6 heteroatoms. The fourth-order valence-corrected chi connectivity index (χ4v) is 9.92. The van der Waals surface area contributed by atoms with E-state index >= 15 is 0 Å². The summed E-state index contributed by atoms with van der Waals surface area (Å²) in [5.41, 5.74) is 11.6. The van der Waals surface area contributed by atoms with Gasteiger partial charge in [0.25, 0.3) is 0 Å². The van der Waals surface area contributed by atoms with Gasteiger partial charge in [0.2, 0.25) is 0 Å². The van der Waals surface area contributed by atoms with E-state index in [0.29, 0.717) is 32.7 Å². The fraction of sp³-hybridized carbons (Fsp3) is 0.172. The van der Waals surface area contributed by atoms with Crippen molar-refractivity contribution >= 4 is 44.6 Å². The molecule has 2 bridgehead atoms. The number of nitrogens with zero attached hydrogens (tertiary/aromatic N) is 4. The standard InChI is InChI=1S/C58H51N4O.Pt/c1-57(2,3)37-42-22-15-29-53-55(42)62(56-47(40-18-9-7-10-19-40)26-17-27-48(56)41-20-11-8-12-21-41)38-61(53,39-62)44-23-16-24-45(35-44)63-46-30-31-50-49-25-13-14-28-51(49)60(52(50)36-46)54-34-43(32-33-59-54)58(4,5)6;/h7-34,38H,37,39H2,1-6H3;/q-1;/t61-,62-;/m1./s1/i37D2;. The Morgan fingerprint density at radius 3 is 1.98 bits per heavy atom. The maximum Gasteiger partial charge on any atom is 0.184 e. The summed E-state index contributed by atoms with van der Waals surface area (Å²) in [6, 6.07) is 64.2. The fourth-order valence-electron chi connectivity index (χ4n) is 9.92. The van der Waals surface area contributed by atoms with Crippen molar-refractivity contribution in [3.63, 3.8) is 0 Å². The number of aromatic nitrogens is 2. The molecule has 1 saturated heterocycles. The summed E-state index contributed by atoms with van der Waals surface area (Å²) in [6.07, 6.45) is 0.230. The van der Waals surface area contributed by atoms with E-state index < -0.39 is 11.8 Å². The number of hydrogen-bond acceptors (Lipinski definition) is 2. The Kier molecular flexibility index (Phi) is 9.60. The molecular formula is C58H51N4OPt-. The predicted octanol–water partition coefficient (Wildman–Crippen LogP) is 15.2. The molecule has 3 aliphatic heterocycles. The zero-order chi connectivity index (χ0) is 44.9. The third kappa shape index (κ3) is 6.84. The summed E-state index contributed by atoms with van der Waals surface area (Å²) in [4.78, 5) is 4.87. The van der Waals surface area contributed by atoms with Gasteiger partial charge in [-0.1, -0.05) is 150 Å². The van der Waals surface area contributed by atoms with Gasteiger partial charge in [0.1, 0.15) is 11.5 Å². The molecule has 0 saturated carbocycles. The molecule has 5 nitrogen and oxygen atoms in total. The second-order valence-electron chi connectivity index (χ2n) is 19.1. The molecule has 0 N–H and O–H groups in total. The molecule has 0 radical (unpaired) electrons. The van der Waals surface area contributed by atoms with Crippen molar-refractivity contribution < 1.29 is 28.5 Å². The van der Waals surface area contributed by atoms with Crippen LogP contribution in [0.1, 0.15) is 55.4 Å². The van der Waals surface area contributed by atoms with Gasteiger partial charge >= 0.3 is 0 Å². The summed E-state index contributed by atoms with van der Waals surface area (Å²) >= 11 is 0. The Morgan fingerprint density at radius 1 is 0.656 bits per heavy atom. The van der Waals surface area contributed by atoms with Crippen LogP contribution in [0, 0.1) is 24.2 Å². The zero-order valence-corrected chi connectivity index (χ0v) is 39.2. The van der Waals surface area contributed by atoms with Gasteiger partial charge in [-0.3, -0.25) is 4.48 Å². The van der Waals surface area contributed by atoms with E-state index in [-0.39, 0.29) is 26.5 Å². The van der Waals surface area contributed by atoms with E-state index in [4.69, 9.17) is 9.72 Å². The first-order valence-corrected chi connectivity index (χ1v) is 21.8. The molecule has 3 aliphatic rings. The molecule has 2 atom stereocenters. The number of ether oxygens (including phenoxy) is 1. The van der Waals surface area contributed by atoms with Crippen molar-refractivity contribution in [3.8, 4) is 39.6 Å². The summed E-state index contributed by atoms with van der Waals surface area (Å²) in [5, 5.41) is 2.20. The molecule has 0 unspecified atom stereocenters. The Hall–Kier alpha value is -6.10. The second kappa shape index (κ2) is 15.6. The summed E-state index contributed by atoms with van der Waals surface area (Å²) in [6.45, 7) is 15.6. The van der Waals surface area contributed by atoms with Crippen LogP contribution in [-0.2, 0) is 32.9 Å². The van der Waals surface area contributed by atoms with Crippen LogP contribution in [0.3, 0.4) is 0 Å². The quantitative estimate of drug-likeness (QED) is 0.112. The van der Waals surface area contributed by atoms with Gasteiger partial charge in [-0.25, -0.2) is 4.98 Å². The molecule has 64 heavy (non-hydrogen) atoms.